The minimum Gasteiger partial charge on any atom is -0.314 e. The van der Waals surface area contributed by atoms with Crippen LogP contribution in [-0.2, 0) is 0 Å². The largest absolute Gasteiger partial charge is 0.314 e. The molecule has 9 heavy (non-hydrogen) atoms. The fraction of sp³-hybridized carbons (Fsp3) is 1.00. The molecule has 1 heterocycles. The van der Waals surface area contributed by atoms with Gasteiger partial charge in [-0.3, -0.25) is 0 Å². The van der Waals surface area contributed by atoms with E-state index in [2.05, 4.69) is 10.6 Å². The van der Waals surface area contributed by atoms with Gasteiger partial charge in [0, 0.05) is 26.2 Å². The number of hydrogen-bond donors (Lipinski definition) is 2. The maximum absolute atomic E-state index is 3.22. The van der Waals surface area contributed by atoms with Crippen LogP contribution >= 0.6 is 11.8 Å². The molecule has 0 amide bonds. The Labute approximate surface area is 61.8 Å². The van der Waals surface area contributed by atoms with E-state index in [1.807, 2.05) is 12.5 Å². The van der Waals surface area contributed by atoms with Crippen LogP contribution in [0, 0.1) is 0 Å². The lowest BCUT2D eigenvalue weighted by Crippen LogP contribution is -2.39. The normalized spacial score (nSPS) is 18.0. The van der Waals surface area contributed by atoms with Crippen molar-refractivity contribution in [1.29, 1.82) is 0 Å². The number of nitrogens with one attached hydrogen (secondary N) is 2. The lowest BCUT2D eigenvalue weighted by atomic mass is 10.4. The molecule has 1 saturated heterocycles. The van der Waals surface area contributed by atoms with E-state index >= 15 is 0 Å². The second kappa shape index (κ2) is 8.27. The van der Waals surface area contributed by atoms with Gasteiger partial charge < -0.3 is 10.6 Å². The van der Waals surface area contributed by atoms with Gasteiger partial charge in [-0.1, -0.05) is 0 Å². The minimum absolute atomic E-state index is 1.14. The second-order valence-electron chi connectivity index (χ2n) is 1.91. The Kier molecular flexibility index (Phi) is 8.52. The van der Waals surface area contributed by atoms with Crippen LogP contribution in [0.25, 0.3) is 0 Å². The maximum Gasteiger partial charge on any atom is 0.00772 e. The molecule has 1 fully saturated rings. The van der Waals surface area contributed by atoms with E-state index in [1.54, 1.807) is 11.8 Å². The maximum atomic E-state index is 3.22. The van der Waals surface area contributed by atoms with Crippen molar-refractivity contribution in [2.45, 2.75) is 0 Å². The molecule has 0 aromatic rings. The van der Waals surface area contributed by atoms with Crippen molar-refractivity contribution in [2.24, 2.45) is 0 Å². The van der Waals surface area contributed by atoms with Gasteiger partial charge in [-0.15, -0.1) is 0 Å². The molecule has 2 N–H and O–H groups in total. The molecule has 0 aromatic carbocycles. The third-order valence-corrected chi connectivity index (χ3v) is 0.957. The molecule has 0 aromatic heterocycles. The van der Waals surface area contributed by atoms with E-state index < -0.39 is 0 Å². The van der Waals surface area contributed by atoms with Gasteiger partial charge in [0.15, 0.2) is 0 Å². The van der Waals surface area contributed by atoms with E-state index in [0.29, 0.717) is 0 Å². The average Bonchev–Trinajstić information content (AvgIpc) is 1.93. The van der Waals surface area contributed by atoms with Crippen molar-refractivity contribution < 1.29 is 0 Å². The van der Waals surface area contributed by atoms with Crippen LogP contribution in [0.5, 0.6) is 0 Å². The molecule has 0 bridgehead atoms. The van der Waals surface area contributed by atoms with Gasteiger partial charge in [-0.25, -0.2) is 0 Å². The Morgan fingerprint density at radius 2 is 1.11 bits per heavy atom. The SMILES string of the molecule is C1CNCCN1.CSC. The van der Waals surface area contributed by atoms with Gasteiger partial charge in [-0.2, -0.15) is 11.8 Å². The molecule has 56 valence electrons. The molecular weight excluding hydrogens is 132 g/mol. The Morgan fingerprint density at radius 3 is 1.22 bits per heavy atom. The molecule has 3 heteroatoms. The summed E-state index contributed by atoms with van der Waals surface area (Å²) in [6.45, 7) is 4.56. The predicted molar refractivity (Wildman–Crippen MR) is 45.2 cm³/mol. The first-order chi connectivity index (χ1) is 4.41. The predicted octanol–water partition coefficient (Wildman–Crippen LogP) is 0.158. The molecule has 1 aliphatic rings. The zero-order chi connectivity index (χ0) is 6.95. The number of hydrogen-bond acceptors (Lipinski definition) is 3. The first kappa shape index (κ1) is 9.27. The lowest BCUT2D eigenvalue weighted by molar-refractivity contribution is 0.534. The third-order valence-electron chi connectivity index (χ3n) is 0.957. The monoisotopic (exact) mass is 148 g/mol. The van der Waals surface area contributed by atoms with Crippen molar-refractivity contribution >= 4 is 11.8 Å². The summed E-state index contributed by atoms with van der Waals surface area (Å²) in [4.78, 5) is 0. The Hall–Kier alpha value is 0.270. The first-order valence-electron chi connectivity index (χ1n) is 3.23. The second-order valence-corrected chi connectivity index (χ2v) is 2.72. The van der Waals surface area contributed by atoms with Crippen LogP contribution in [0.1, 0.15) is 0 Å². The van der Waals surface area contributed by atoms with Gasteiger partial charge in [0.1, 0.15) is 0 Å². The molecule has 0 spiro atoms. The van der Waals surface area contributed by atoms with Crippen LogP contribution in [0.3, 0.4) is 0 Å². The highest BCUT2D eigenvalue weighted by Gasteiger charge is 1.91. The summed E-state index contributed by atoms with van der Waals surface area (Å²) in [6, 6.07) is 0. The highest BCUT2D eigenvalue weighted by Crippen LogP contribution is 1.70. The van der Waals surface area contributed by atoms with Gasteiger partial charge in [-0.05, 0) is 12.5 Å². The lowest BCUT2D eigenvalue weighted by Gasteiger charge is -2.11. The Bertz CT molecular complexity index is 34.8. The summed E-state index contributed by atoms with van der Waals surface area (Å²) >= 11 is 1.75. The van der Waals surface area contributed by atoms with E-state index in [1.165, 1.54) is 0 Å². The summed E-state index contributed by atoms with van der Waals surface area (Å²) in [5.41, 5.74) is 0. The summed E-state index contributed by atoms with van der Waals surface area (Å²) < 4.78 is 0. The zero-order valence-corrected chi connectivity index (χ0v) is 7.05. The van der Waals surface area contributed by atoms with E-state index in [-0.39, 0.29) is 0 Å². The van der Waals surface area contributed by atoms with Crippen LogP contribution < -0.4 is 10.6 Å². The highest BCUT2D eigenvalue weighted by molar-refractivity contribution is 7.97. The molecule has 0 radical (unpaired) electrons. The zero-order valence-electron chi connectivity index (χ0n) is 6.24. The molecule has 0 aliphatic carbocycles. The van der Waals surface area contributed by atoms with Crippen LogP contribution in [0.15, 0.2) is 0 Å². The standard InChI is InChI=1S/C4H10N2.C2H6S/c1-2-6-4-3-5-1;1-3-2/h5-6H,1-4H2;1-2H3. The average molecular weight is 148 g/mol. The molecule has 1 rings (SSSR count). The molecule has 2 nitrogen and oxygen atoms in total. The van der Waals surface area contributed by atoms with Gasteiger partial charge >= 0.3 is 0 Å². The number of thioether (sulfide) groups is 1. The van der Waals surface area contributed by atoms with Crippen LogP contribution in [-0.4, -0.2) is 38.7 Å². The van der Waals surface area contributed by atoms with Crippen molar-refractivity contribution in [3.63, 3.8) is 0 Å². The van der Waals surface area contributed by atoms with Crippen molar-refractivity contribution in [3.05, 3.63) is 0 Å². The molecule has 0 saturated carbocycles. The minimum atomic E-state index is 1.14. The van der Waals surface area contributed by atoms with Gasteiger partial charge in [0.25, 0.3) is 0 Å². The highest BCUT2D eigenvalue weighted by atomic mass is 32.2. The fourth-order valence-corrected chi connectivity index (χ4v) is 0.604. The van der Waals surface area contributed by atoms with E-state index in [0.717, 1.165) is 26.2 Å². The molecule has 0 atom stereocenters. The van der Waals surface area contributed by atoms with Crippen molar-refractivity contribution in [3.8, 4) is 0 Å². The van der Waals surface area contributed by atoms with Crippen LogP contribution in [0.4, 0.5) is 0 Å². The molecule has 0 unspecified atom stereocenters. The van der Waals surface area contributed by atoms with Gasteiger partial charge in [0.2, 0.25) is 0 Å². The van der Waals surface area contributed by atoms with Crippen molar-refractivity contribution in [1.82, 2.24) is 10.6 Å². The number of rotatable bonds is 0. The summed E-state index contributed by atoms with van der Waals surface area (Å²) in [5.74, 6) is 0. The topological polar surface area (TPSA) is 24.1 Å². The summed E-state index contributed by atoms with van der Waals surface area (Å²) in [6.07, 6.45) is 4.08. The molecule has 1 aliphatic heterocycles. The summed E-state index contributed by atoms with van der Waals surface area (Å²) in [7, 11) is 0. The first-order valence-corrected chi connectivity index (χ1v) is 4.86. The fourth-order valence-electron chi connectivity index (χ4n) is 0.604. The van der Waals surface area contributed by atoms with E-state index in [9.17, 15) is 0 Å². The quantitative estimate of drug-likeness (QED) is 0.512. The van der Waals surface area contributed by atoms with Crippen molar-refractivity contribution in [2.75, 3.05) is 38.7 Å². The summed E-state index contributed by atoms with van der Waals surface area (Å²) in [5, 5.41) is 6.44. The smallest absolute Gasteiger partial charge is 0.00772 e. The molecular formula is C6H16N2S. The van der Waals surface area contributed by atoms with Crippen LogP contribution in [0.2, 0.25) is 0 Å². The number of piperazine rings is 1. The third kappa shape index (κ3) is 8.27. The Morgan fingerprint density at radius 1 is 0.889 bits per heavy atom. The van der Waals surface area contributed by atoms with Gasteiger partial charge in [0.05, 0.1) is 0 Å². The van der Waals surface area contributed by atoms with E-state index in [4.69, 9.17) is 0 Å². The Balaban J connectivity index is 0.000000187.